The number of para-hydroxylation sites is 1. The number of ether oxygens (including phenoxy) is 1. The molecule has 0 spiro atoms. The van der Waals surface area contributed by atoms with Gasteiger partial charge in [-0.2, -0.15) is 0 Å². The van der Waals surface area contributed by atoms with Gasteiger partial charge in [0, 0.05) is 18.5 Å². The number of likely N-dealkylation sites (N-methyl/N-ethyl adjacent to an activating group) is 1. The highest BCUT2D eigenvalue weighted by Crippen LogP contribution is 2.32. The Labute approximate surface area is 196 Å². The molecule has 33 heavy (non-hydrogen) atoms. The number of carbonyl (C=O) groups excluding carboxylic acids is 1. The SMILES string of the molecule is CCOc1ccc2nc(N(CCN(CC)CC)C(=O)c3cc4ccccc4oc3=O)sc2c1. The molecule has 8 heteroatoms. The zero-order valence-electron chi connectivity index (χ0n) is 19.0. The zero-order chi connectivity index (χ0) is 23.4. The van der Waals surface area contributed by atoms with Crippen LogP contribution in [0.15, 0.2) is 57.7 Å². The van der Waals surface area contributed by atoms with Gasteiger partial charge in [0.1, 0.15) is 16.9 Å². The number of fused-ring (bicyclic) bond motifs is 2. The van der Waals surface area contributed by atoms with Gasteiger partial charge in [0.2, 0.25) is 0 Å². The fourth-order valence-electron chi connectivity index (χ4n) is 3.69. The molecule has 4 aromatic rings. The lowest BCUT2D eigenvalue weighted by Crippen LogP contribution is -2.40. The average Bonchev–Trinajstić information content (AvgIpc) is 3.24. The van der Waals surface area contributed by atoms with Crippen LogP contribution in [0.2, 0.25) is 0 Å². The summed E-state index contributed by atoms with van der Waals surface area (Å²) in [6.45, 7) is 9.49. The molecular formula is C25H27N3O4S. The standard InChI is InChI=1S/C25H27N3O4S/c1-4-27(5-2)13-14-28(25-26-20-12-11-18(31-6-3)16-22(20)33-25)23(29)19-15-17-9-7-8-10-21(17)32-24(19)30/h7-12,15-16H,4-6,13-14H2,1-3H3. The molecule has 0 aliphatic carbocycles. The molecule has 0 radical (unpaired) electrons. The molecule has 0 bridgehead atoms. The van der Waals surface area contributed by atoms with Crippen molar-refractivity contribution in [1.29, 1.82) is 0 Å². The van der Waals surface area contributed by atoms with Crippen molar-refractivity contribution in [2.45, 2.75) is 20.8 Å². The van der Waals surface area contributed by atoms with Crippen LogP contribution < -0.4 is 15.3 Å². The first-order valence-corrected chi connectivity index (χ1v) is 12.0. The van der Waals surface area contributed by atoms with E-state index in [9.17, 15) is 9.59 Å². The van der Waals surface area contributed by atoms with E-state index in [1.54, 1.807) is 23.1 Å². The molecule has 0 saturated carbocycles. The van der Waals surface area contributed by atoms with Gasteiger partial charge in [0.05, 0.1) is 16.8 Å². The van der Waals surface area contributed by atoms with Gasteiger partial charge in [0.25, 0.3) is 5.91 Å². The number of rotatable bonds is 9. The average molecular weight is 466 g/mol. The molecule has 0 fully saturated rings. The number of amides is 1. The first-order chi connectivity index (χ1) is 16.0. The van der Waals surface area contributed by atoms with Crippen molar-refractivity contribution < 1.29 is 13.9 Å². The summed E-state index contributed by atoms with van der Waals surface area (Å²) in [5, 5.41) is 1.25. The molecule has 172 valence electrons. The second-order valence-corrected chi connectivity index (χ2v) is 8.54. The third kappa shape index (κ3) is 4.91. The molecule has 0 unspecified atom stereocenters. The van der Waals surface area contributed by atoms with Crippen molar-refractivity contribution in [1.82, 2.24) is 9.88 Å². The molecule has 0 aliphatic heterocycles. The minimum absolute atomic E-state index is 0.00232. The number of carbonyl (C=O) groups is 1. The van der Waals surface area contributed by atoms with Crippen molar-refractivity contribution in [2.24, 2.45) is 0 Å². The van der Waals surface area contributed by atoms with Crippen LogP contribution in [0.1, 0.15) is 31.1 Å². The number of thiazole rings is 1. The van der Waals surface area contributed by atoms with E-state index in [0.29, 0.717) is 35.8 Å². The van der Waals surface area contributed by atoms with Crippen LogP contribution in [0, 0.1) is 0 Å². The van der Waals surface area contributed by atoms with Gasteiger partial charge in [-0.3, -0.25) is 9.69 Å². The van der Waals surface area contributed by atoms with Crippen LogP contribution in [0.4, 0.5) is 5.13 Å². The van der Waals surface area contributed by atoms with Crippen LogP contribution in [0.5, 0.6) is 5.75 Å². The Kier molecular flexibility index (Phi) is 7.05. The number of nitrogens with zero attached hydrogens (tertiary/aromatic N) is 3. The van der Waals surface area contributed by atoms with Crippen molar-refractivity contribution in [3.05, 3.63) is 64.5 Å². The Bertz CT molecular complexity index is 1330. The van der Waals surface area contributed by atoms with Gasteiger partial charge in [0.15, 0.2) is 5.13 Å². The second kappa shape index (κ2) is 10.1. The van der Waals surface area contributed by atoms with E-state index in [1.165, 1.54) is 11.3 Å². The molecular weight excluding hydrogens is 438 g/mol. The highest BCUT2D eigenvalue weighted by Gasteiger charge is 2.25. The summed E-state index contributed by atoms with van der Waals surface area (Å²) in [4.78, 5) is 34.8. The van der Waals surface area contributed by atoms with Gasteiger partial charge in [-0.1, -0.05) is 43.4 Å². The highest BCUT2D eigenvalue weighted by atomic mass is 32.1. The lowest BCUT2D eigenvalue weighted by Gasteiger charge is -2.24. The predicted molar refractivity (Wildman–Crippen MR) is 133 cm³/mol. The summed E-state index contributed by atoms with van der Waals surface area (Å²) in [6, 6.07) is 14.5. The van der Waals surface area contributed by atoms with Crippen molar-refractivity contribution in [2.75, 3.05) is 37.7 Å². The summed E-state index contributed by atoms with van der Waals surface area (Å²) in [5.74, 6) is 0.349. The minimum Gasteiger partial charge on any atom is -0.494 e. The maximum absolute atomic E-state index is 13.6. The van der Waals surface area contributed by atoms with E-state index >= 15 is 0 Å². The fraction of sp³-hybridized carbons (Fsp3) is 0.320. The van der Waals surface area contributed by atoms with Crippen molar-refractivity contribution >= 4 is 43.6 Å². The summed E-state index contributed by atoms with van der Waals surface area (Å²) in [5.41, 5.74) is 0.593. The number of anilines is 1. The normalized spacial score (nSPS) is 11.4. The number of aromatic nitrogens is 1. The molecule has 0 aliphatic rings. The van der Waals surface area contributed by atoms with Crippen LogP contribution in [-0.4, -0.2) is 48.6 Å². The summed E-state index contributed by atoms with van der Waals surface area (Å²) < 4.78 is 11.9. The lowest BCUT2D eigenvalue weighted by molar-refractivity contribution is 0.0980. The first kappa shape index (κ1) is 22.9. The van der Waals surface area contributed by atoms with Crippen molar-refractivity contribution in [3.8, 4) is 5.75 Å². The Balaban J connectivity index is 1.74. The maximum atomic E-state index is 13.6. The van der Waals surface area contributed by atoms with Crippen LogP contribution in [0.25, 0.3) is 21.2 Å². The van der Waals surface area contributed by atoms with Crippen LogP contribution in [-0.2, 0) is 0 Å². The molecule has 2 aromatic carbocycles. The van der Waals surface area contributed by atoms with E-state index in [2.05, 4.69) is 18.7 Å². The van der Waals surface area contributed by atoms with E-state index < -0.39 is 11.5 Å². The van der Waals surface area contributed by atoms with Gasteiger partial charge in [-0.25, -0.2) is 9.78 Å². The van der Waals surface area contributed by atoms with E-state index in [-0.39, 0.29) is 5.56 Å². The molecule has 0 atom stereocenters. The van der Waals surface area contributed by atoms with E-state index in [1.807, 2.05) is 37.3 Å². The van der Waals surface area contributed by atoms with E-state index in [0.717, 1.165) is 29.1 Å². The topological polar surface area (TPSA) is 75.9 Å². The maximum Gasteiger partial charge on any atom is 0.349 e. The Hall–Kier alpha value is -3.23. The number of hydrogen-bond acceptors (Lipinski definition) is 7. The van der Waals surface area contributed by atoms with E-state index in [4.69, 9.17) is 14.1 Å². The smallest absolute Gasteiger partial charge is 0.349 e. The summed E-state index contributed by atoms with van der Waals surface area (Å²) in [6.07, 6.45) is 0. The third-order valence-corrected chi connectivity index (χ3v) is 6.58. The van der Waals surface area contributed by atoms with Crippen LogP contribution in [0.3, 0.4) is 0 Å². The monoisotopic (exact) mass is 465 g/mol. The number of hydrogen-bond donors (Lipinski definition) is 0. The summed E-state index contributed by atoms with van der Waals surface area (Å²) >= 11 is 1.41. The lowest BCUT2D eigenvalue weighted by atomic mass is 10.1. The minimum atomic E-state index is -0.647. The molecule has 0 saturated heterocycles. The third-order valence-electron chi connectivity index (χ3n) is 5.54. The van der Waals surface area contributed by atoms with Gasteiger partial charge in [-0.05, 0) is 50.3 Å². The molecule has 2 aromatic heterocycles. The quantitative estimate of drug-likeness (QED) is 0.331. The zero-order valence-corrected chi connectivity index (χ0v) is 19.9. The largest absolute Gasteiger partial charge is 0.494 e. The van der Waals surface area contributed by atoms with Gasteiger partial charge in [-0.15, -0.1) is 0 Å². The second-order valence-electron chi connectivity index (χ2n) is 7.53. The van der Waals surface area contributed by atoms with Crippen LogP contribution >= 0.6 is 11.3 Å². The Morgan fingerprint density at radius 1 is 1.06 bits per heavy atom. The van der Waals surface area contributed by atoms with Gasteiger partial charge >= 0.3 is 5.63 Å². The summed E-state index contributed by atoms with van der Waals surface area (Å²) in [7, 11) is 0. The predicted octanol–water partition coefficient (Wildman–Crippen LogP) is 4.79. The molecule has 7 nitrogen and oxygen atoms in total. The molecule has 4 rings (SSSR count). The van der Waals surface area contributed by atoms with Gasteiger partial charge < -0.3 is 14.1 Å². The molecule has 0 N–H and O–H groups in total. The van der Waals surface area contributed by atoms with Crippen molar-refractivity contribution in [3.63, 3.8) is 0 Å². The molecule has 2 heterocycles. The first-order valence-electron chi connectivity index (χ1n) is 11.1. The fourth-order valence-corrected chi connectivity index (χ4v) is 4.70. The number of benzene rings is 2. The molecule has 1 amide bonds. The highest BCUT2D eigenvalue weighted by molar-refractivity contribution is 7.22. The Morgan fingerprint density at radius 3 is 2.61 bits per heavy atom. The Morgan fingerprint density at radius 2 is 1.85 bits per heavy atom.